The molecule has 1 aliphatic rings. The number of ether oxygens (including phenoxy) is 1. The van der Waals surface area contributed by atoms with E-state index in [1.165, 1.54) is 0 Å². The minimum absolute atomic E-state index is 0.211. The molecule has 1 aliphatic heterocycles. The molecule has 2 atom stereocenters. The number of rotatable bonds is 7. The van der Waals surface area contributed by atoms with Crippen molar-refractivity contribution < 1.29 is 24.2 Å². The van der Waals surface area contributed by atoms with E-state index in [4.69, 9.17) is 9.84 Å². The normalized spacial score (nSPS) is 17.7. The van der Waals surface area contributed by atoms with Gasteiger partial charge in [0.05, 0.1) is 12.5 Å². The Kier molecular flexibility index (Phi) is 5.36. The van der Waals surface area contributed by atoms with Gasteiger partial charge < -0.3 is 14.7 Å². The lowest BCUT2D eigenvalue weighted by molar-refractivity contribution is -0.143. The van der Waals surface area contributed by atoms with Crippen LogP contribution in [0.25, 0.3) is 0 Å². The third kappa shape index (κ3) is 3.52. The maximum absolute atomic E-state index is 12.5. The number of carbonyl (C=O) groups is 3. The molecule has 2 rings (SSSR count). The van der Waals surface area contributed by atoms with Crippen LogP contribution in [0.3, 0.4) is 0 Å². The maximum Gasteiger partial charge on any atom is 0.337 e. The van der Waals surface area contributed by atoms with Gasteiger partial charge in [-0.25, -0.2) is 4.79 Å². The van der Waals surface area contributed by atoms with Crippen LogP contribution in [0, 0.1) is 5.92 Å². The molecule has 0 amide bonds. The van der Waals surface area contributed by atoms with E-state index in [1.807, 2.05) is 6.07 Å². The summed E-state index contributed by atoms with van der Waals surface area (Å²) in [6.07, 6.45) is 1.06. The lowest BCUT2D eigenvalue weighted by Gasteiger charge is -2.25. The Labute approximate surface area is 135 Å². The molecule has 124 valence electrons. The number of carboxylic acids is 1. The molecule has 23 heavy (non-hydrogen) atoms. The zero-order valence-corrected chi connectivity index (χ0v) is 13.3. The van der Waals surface area contributed by atoms with E-state index >= 15 is 0 Å². The van der Waals surface area contributed by atoms with Gasteiger partial charge in [-0.05, 0) is 31.9 Å². The van der Waals surface area contributed by atoms with Crippen molar-refractivity contribution in [3.63, 3.8) is 0 Å². The molecule has 0 saturated heterocycles. The fourth-order valence-electron chi connectivity index (χ4n) is 2.76. The van der Waals surface area contributed by atoms with Crippen molar-refractivity contribution in [2.24, 2.45) is 5.92 Å². The molecule has 6 nitrogen and oxygen atoms in total. The summed E-state index contributed by atoms with van der Waals surface area (Å²) < 4.78 is 5.03. The highest BCUT2D eigenvalue weighted by Crippen LogP contribution is 2.33. The average Bonchev–Trinajstić information content (AvgIpc) is 2.80. The number of aliphatic carboxylic acids is 1. The number of nitrogens with zero attached hydrogens (tertiary/aromatic N) is 1. The highest BCUT2D eigenvalue weighted by molar-refractivity contribution is 6.20. The van der Waals surface area contributed by atoms with Gasteiger partial charge in [-0.3, -0.25) is 9.59 Å². The second-order valence-corrected chi connectivity index (χ2v) is 5.61. The Hall–Kier alpha value is -2.37. The van der Waals surface area contributed by atoms with Crippen molar-refractivity contribution in [1.82, 2.24) is 0 Å². The molecule has 0 bridgehead atoms. The summed E-state index contributed by atoms with van der Waals surface area (Å²) in [7, 11) is 0. The monoisotopic (exact) mass is 319 g/mol. The van der Waals surface area contributed by atoms with Crippen LogP contribution in [-0.2, 0) is 14.3 Å². The second-order valence-electron chi connectivity index (χ2n) is 5.61. The molecule has 0 radical (unpaired) electrons. The fraction of sp³-hybridized carbons (Fsp3) is 0.471. The summed E-state index contributed by atoms with van der Waals surface area (Å²) >= 11 is 0. The number of hydrogen-bond donors (Lipinski definition) is 1. The quantitative estimate of drug-likeness (QED) is 0.612. The van der Waals surface area contributed by atoms with Gasteiger partial charge in [0.2, 0.25) is 0 Å². The van der Waals surface area contributed by atoms with Gasteiger partial charge in [0.25, 0.3) is 0 Å². The van der Waals surface area contributed by atoms with Gasteiger partial charge in [0.15, 0.2) is 11.8 Å². The Morgan fingerprint density at radius 3 is 2.70 bits per heavy atom. The number of Topliss-reactive ketones (excluding diaryl/α,β-unsaturated/α-hetero) is 1. The smallest absolute Gasteiger partial charge is 0.337 e. The van der Waals surface area contributed by atoms with Crippen molar-refractivity contribution in [3.8, 4) is 0 Å². The summed E-state index contributed by atoms with van der Waals surface area (Å²) in [4.78, 5) is 37.3. The molecule has 0 spiro atoms. The van der Waals surface area contributed by atoms with E-state index in [9.17, 15) is 14.4 Å². The van der Waals surface area contributed by atoms with Gasteiger partial charge in [-0.15, -0.1) is 0 Å². The van der Waals surface area contributed by atoms with Crippen molar-refractivity contribution in [2.45, 2.75) is 32.7 Å². The summed E-state index contributed by atoms with van der Waals surface area (Å²) in [5.41, 5.74) is 1.22. The molecule has 0 aromatic heterocycles. The van der Waals surface area contributed by atoms with Gasteiger partial charge in [-0.2, -0.15) is 0 Å². The first kappa shape index (κ1) is 17.0. The highest BCUT2D eigenvalue weighted by atomic mass is 16.5. The van der Waals surface area contributed by atoms with Crippen molar-refractivity contribution in [2.75, 3.05) is 18.1 Å². The summed E-state index contributed by atoms with van der Waals surface area (Å²) in [6, 6.07) is 6.10. The van der Waals surface area contributed by atoms with E-state index < -0.39 is 23.9 Å². The van der Waals surface area contributed by atoms with Crippen LogP contribution in [0.2, 0.25) is 0 Å². The number of anilines is 1. The van der Waals surface area contributed by atoms with Crippen LogP contribution in [-0.4, -0.2) is 42.0 Å². The van der Waals surface area contributed by atoms with Gasteiger partial charge in [0, 0.05) is 17.8 Å². The van der Waals surface area contributed by atoms with E-state index in [-0.39, 0.29) is 12.4 Å². The summed E-state index contributed by atoms with van der Waals surface area (Å²) in [5, 5.41) is 8.94. The Balaban J connectivity index is 2.16. The number of fused-ring (bicyclic) bond motifs is 1. The molecule has 0 aliphatic carbocycles. The standard InChI is InChI=1S/C17H21NO5/c1-3-23-17(22)14-15(19)12-8-4-5-9-13(12)18(14)10-6-7-11(2)16(20)21/h4-5,8-9,11,14H,3,6-7,10H2,1-2H3,(H,20,21)/t11-,14+/m1/s1. The molecular formula is C17H21NO5. The van der Waals surface area contributed by atoms with E-state index in [0.717, 1.165) is 0 Å². The molecule has 0 saturated carbocycles. The van der Waals surface area contributed by atoms with E-state index in [0.29, 0.717) is 30.6 Å². The summed E-state index contributed by atoms with van der Waals surface area (Å²) in [5.74, 6) is -2.11. The maximum atomic E-state index is 12.5. The highest BCUT2D eigenvalue weighted by Gasteiger charge is 2.42. The number of ketones is 1. The number of para-hydroxylation sites is 1. The van der Waals surface area contributed by atoms with Crippen LogP contribution >= 0.6 is 0 Å². The first-order valence-electron chi connectivity index (χ1n) is 7.76. The largest absolute Gasteiger partial charge is 0.481 e. The lowest BCUT2D eigenvalue weighted by Crippen LogP contribution is -2.43. The van der Waals surface area contributed by atoms with Crippen molar-refractivity contribution in [3.05, 3.63) is 29.8 Å². The number of carbonyl (C=O) groups excluding carboxylic acids is 2. The van der Waals surface area contributed by atoms with Crippen LogP contribution in [0.5, 0.6) is 0 Å². The first-order chi connectivity index (χ1) is 11.0. The van der Waals surface area contributed by atoms with Crippen molar-refractivity contribution >= 4 is 23.4 Å². The van der Waals surface area contributed by atoms with Crippen LogP contribution in [0.4, 0.5) is 5.69 Å². The Morgan fingerprint density at radius 2 is 2.04 bits per heavy atom. The van der Waals surface area contributed by atoms with Crippen LogP contribution in [0.1, 0.15) is 37.0 Å². The average molecular weight is 319 g/mol. The predicted molar refractivity (Wildman–Crippen MR) is 84.6 cm³/mol. The number of benzene rings is 1. The fourth-order valence-corrected chi connectivity index (χ4v) is 2.76. The number of hydrogen-bond acceptors (Lipinski definition) is 5. The lowest BCUT2D eigenvalue weighted by atomic mass is 10.1. The Morgan fingerprint density at radius 1 is 1.35 bits per heavy atom. The molecular weight excluding hydrogens is 298 g/mol. The topological polar surface area (TPSA) is 83.9 Å². The van der Waals surface area contributed by atoms with Crippen LogP contribution in [0.15, 0.2) is 24.3 Å². The number of carboxylic acid groups (broad SMARTS) is 1. The van der Waals surface area contributed by atoms with E-state index in [1.54, 1.807) is 36.9 Å². The molecule has 1 aromatic carbocycles. The van der Waals surface area contributed by atoms with Gasteiger partial charge >= 0.3 is 11.9 Å². The zero-order chi connectivity index (χ0) is 17.0. The van der Waals surface area contributed by atoms with Gasteiger partial charge in [0.1, 0.15) is 0 Å². The van der Waals surface area contributed by atoms with Crippen molar-refractivity contribution in [1.29, 1.82) is 0 Å². The third-order valence-corrected chi connectivity index (χ3v) is 4.01. The molecule has 0 unspecified atom stereocenters. The minimum Gasteiger partial charge on any atom is -0.481 e. The molecule has 0 fully saturated rings. The minimum atomic E-state index is -0.965. The van der Waals surface area contributed by atoms with Gasteiger partial charge in [-0.1, -0.05) is 19.1 Å². The molecule has 1 heterocycles. The van der Waals surface area contributed by atoms with Crippen LogP contribution < -0.4 is 4.90 Å². The third-order valence-electron chi connectivity index (χ3n) is 4.01. The SMILES string of the molecule is CCOC(=O)[C@@H]1C(=O)c2ccccc2N1CCC[C@@H](C)C(=O)O. The van der Waals surface area contributed by atoms with E-state index in [2.05, 4.69) is 0 Å². The first-order valence-corrected chi connectivity index (χ1v) is 7.76. The summed E-state index contributed by atoms with van der Waals surface area (Å²) in [6.45, 7) is 3.99. The zero-order valence-electron chi connectivity index (χ0n) is 13.3. The molecule has 1 aromatic rings. The second kappa shape index (κ2) is 7.26. The number of esters is 1. The molecule has 6 heteroatoms. The predicted octanol–water partition coefficient (Wildman–Crippen LogP) is 2.12. The molecule has 1 N–H and O–H groups in total. The Bertz CT molecular complexity index is 613.